The van der Waals surface area contributed by atoms with Crippen LogP contribution >= 0.6 is 0 Å². The molecule has 0 atom stereocenters. The summed E-state index contributed by atoms with van der Waals surface area (Å²) >= 11 is 0. The number of benzene rings is 2. The van der Waals surface area contributed by atoms with Crippen LogP contribution < -0.4 is 5.73 Å². The predicted octanol–water partition coefficient (Wildman–Crippen LogP) is 2.78. The average Bonchev–Trinajstić information content (AvgIpc) is 2.96. The Bertz CT molecular complexity index is 759. The Labute approximate surface area is 123 Å². The van der Waals surface area contributed by atoms with Crippen LogP contribution in [0.4, 0.5) is 5.69 Å². The van der Waals surface area contributed by atoms with Crippen LogP contribution in [0.1, 0.15) is 18.1 Å². The summed E-state index contributed by atoms with van der Waals surface area (Å²) in [4.78, 5) is 0. The molecule has 106 valence electrons. The van der Waals surface area contributed by atoms with Crippen molar-refractivity contribution in [1.82, 2.24) is 20.2 Å². The van der Waals surface area contributed by atoms with Gasteiger partial charge in [-0.3, -0.25) is 0 Å². The third-order valence-corrected chi connectivity index (χ3v) is 3.55. The monoisotopic (exact) mass is 279 g/mol. The van der Waals surface area contributed by atoms with E-state index < -0.39 is 0 Å². The lowest BCUT2D eigenvalue weighted by atomic mass is 10.1. The fourth-order valence-electron chi connectivity index (χ4n) is 2.46. The van der Waals surface area contributed by atoms with Gasteiger partial charge in [-0.05, 0) is 59.2 Å². The van der Waals surface area contributed by atoms with Crippen molar-refractivity contribution < 1.29 is 0 Å². The van der Waals surface area contributed by atoms with Crippen molar-refractivity contribution in [2.75, 3.05) is 5.73 Å². The fourth-order valence-corrected chi connectivity index (χ4v) is 2.46. The molecule has 2 aromatic carbocycles. The summed E-state index contributed by atoms with van der Waals surface area (Å²) < 4.78 is 1.81. The zero-order chi connectivity index (χ0) is 14.8. The molecule has 0 aliphatic heterocycles. The van der Waals surface area contributed by atoms with Gasteiger partial charge in [0.2, 0.25) is 0 Å². The number of anilines is 1. The molecular formula is C16H17N5. The first-order chi connectivity index (χ1) is 10.2. The lowest BCUT2D eigenvalue weighted by Gasteiger charge is -2.12. The predicted molar refractivity (Wildman–Crippen MR) is 83.1 cm³/mol. The molecule has 1 aromatic heterocycles. The first kappa shape index (κ1) is 13.3. The lowest BCUT2D eigenvalue weighted by molar-refractivity contribution is 0.779. The second-order valence-electron chi connectivity index (χ2n) is 4.97. The summed E-state index contributed by atoms with van der Waals surface area (Å²) in [6.07, 6.45) is 0.929. The molecule has 5 heteroatoms. The molecule has 3 aromatic rings. The van der Waals surface area contributed by atoms with E-state index in [1.165, 1.54) is 5.56 Å². The van der Waals surface area contributed by atoms with Gasteiger partial charge in [-0.15, -0.1) is 5.10 Å². The molecule has 0 unspecified atom stereocenters. The quantitative estimate of drug-likeness (QED) is 0.748. The van der Waals surface area contributed by atoms with Gasteiger partial charge in [-0.1, -0.05) is 25.1 Å². The van der Waals surface area contributed by atoms with Crippen LogP contribution in [-0.2, 0) is 6.42 Å². The standard InChI is InChI=1S/C16H17N5/c1-3-12-6-4-5-11(2)15(12)21-16(18-19-20-21)13-7-9-14(17)10-8-13/h4-10H,3,17H2,1-2H3. The normalized spacial score (nSPS) is 10.8. The van der Waals surface area contributed by atoms with E-state index in [0.29, 0.717) is 0 Å². The summed E-state index contributed by atoms with van der Waals surface area (Å²) in [5.74, 6) is 0.721. The number of aromatic nitrogens is 4. The Morgan fingerprint density at radius 1 is 1.10 bits per heavy atom. The smallest absolute Gasteiger partial charge is 0.187 e. The number of rotatable bonds is 3. The van der Waals surface area contributed by atoms with Crippen LogP contribution in [0.5, 0.6) is 0 Å². The number of aryl methyl sites for hydroxylation is 2. The number of nitrogens with two attached hydrogens (primary N) is 1. The highest BCUT2D eigenvalue weighted by Crippen LogP contribution is 2.25. The molecule has 0 radical (unpaired) electrons. The average molecular weight is 279 g/mol. The molecule has 21 heavy (non-hydrogen) atoms. The topological polar surface area (TPSA) is 69.6 Å². The largest absolute Gasteiger partial charge is 0.399 e. The van der Waals surface area contributed by atoms with Crippen molar-refractivity contribution >= 4 is 5.69 Å². The second-order valence-corrected chi connectivity index (χ2v) is 4.97. The van der Waals surface area contributed by atoms with Crippen LogP contribution in [0.25, 0.3) is 17.1 Å². The van der Waals surface area contributed by atoms with Gasteiger partial charge in [-0.25, -0.2) is 0 Å². The van der Waals surface area contributed by atoms with E-state index in [-0.39, 0.29) is 0 Å². The van der Waals surface area contributed by atoms with Crippen LogP contribution in [0.15, 0.2) is 42.5 Å². The fraction of sp³-hybridized carbons (Fsp3) is 0.188. The summed E-state index contributed by atoms with van der Waals surface area (Å²) in [6, 6.07) is 13.8. The van der Waals surface area contributed by atoms with Crippen molar-refractivity contribution in [3.8, 4) is 17.1 Å². The van der Waals surface area contributed by atoms with Gasteiger partial charge in [0.25, 0.3) is 0 Å². The van der Waals surface area contributed by atoms with Gasteiger partial charge in [0.15, 0.2) is 5.82 Å². The third-order valence-electron chi connectivity index (χ3n) is 3.55. The van der Waals surface area contributed by atoms with E-state index in [4.69, 9.17) is 5.73 Å². The minimum absolute atomic E-state index is 0.721. The Morgan fingerprint density at radius 3 is 2.57 bits per heavy atom. The zero-order valence-corrected chi connectivity index (χ0v) is 12.1. The van der Waals surface area contributed by atoms with Crippen molar-refractivity contribution in [2.24, 2.45) is 0 Å². The highest BCUT2D eigenvalue weighted by molar-refractivity contribution is 5.62. The van der Waals surface area contributed by atoms with Crippen LogP contribution in [0.2, 0.25) is 0 Å². The maximum atomic E-state index is 5.74. The van der Waals surface area contributed by atoms with E-state index in [2.05, 4.69) is 47.6 Å². The van der Waals surface area contributed by atoms with Crippen molar-refractivity contribution in [3.05, 3.63) is 53.6 Å². The number of hydrogen-bond acceptors (Lipinski definition) is 4. The van der Waals surface area contributed by atoms with Gasteiger partial charge >= 0.3 is 0 Å². The molecule has 0 saturated carbocycles. The highest BCUT2D eigenvalue weighted by atomic mass is 15.5. The molecule has 0 aliphatic carbocycles. The molecule has 0 fully saturated rings. The Hall–Kier alpha value is -2.69. The van der Waals surface area contributed by atoms with E-state index >= 15 is 0 Å². The van der Waals surface area contributed by atoms with E-state index in [1.54, 1.807) is 4.68 Å². The first-order valence-corrected chi connectivity index (χ1v) is 6.94. The maximum absolute atomic E-state index is 5.74. The number of hydrogen-bond donors (Lipinski definition) is 1. The Morgan fingerprint density at radius 2 is 1.86 bits per heavy atom. The van der Waals surface area contributed by atoms with Crippen molar-refractivity contribution in [2.45, 2.75) is 20.3 Å². The number of nitrogen functional groups attached to an aromatic ring is 1. The highest BCUT2D eigenvalue weighted by Gasteiger charge is 2.15. The van der Waals surface area contributed by atoms with Gasteiger partial charge in [-0.2, -0.15) is 4.68 Å². The molecular weight excluding hydrogens is 262 g/mol. The molecule has 2 N–H and O–H groups in total. The minimum Gasteiger partial charge on any atom is -0.399 e. The summed E-state index contributed by atoms with van der Waals surface area (Å²) in [5.41, 5.74) is 10.8. The SMILES string of the molecule is CCc1cccc(C)c1-n1nnnc1-c1ccc(N)cc1. The number of para-hydroxylation sites is 1. The van der Waals surface area contributed by atoms with Gasteiger partial charge in [0.05, 0.1) is 5.69 Å². The molecule has 0 aliphatic rings. The second kappa shape index (κ2) is 5.36. The molecule has 0 spiro atoms. The van der Waals surface area contributed by atoms with Crippen LogP contribution in [-0.4, -0.2) is 20.2 Å². The third kappa shape index (κ3) is 2.38. The zero-order valence-electron chi connectivity index (χ0n) is 12.1. The van der Waals surface area contributed by atoms with E-state index in [0.717, 1.165) is 34.7 Å². The van der Waals surface area contributed by atoms with Gasteiger partial charge < -0.3 is 5.73 Å². The Kier molecular flexibility index (Phi) is 3.39. The van der Waals surface area contributed by atoms with Crippen LogP contribution in [0.3, 0.4) is 0 Å². The molecule has 1 heterocycles. The van der Waals surface area contributed by atoms with E-state index in [9.17, 15) is 0 Å². The molecule has 0 amide bonds. The van der Waals surface area contributed by atoms with E-state index in [1.807, 2.05) is 24.3 Å². The lowest BCUT2D eigenvalue weighted by Crippen LogP contribution is -2.06. The summed E-state index contributed by atoms with van der Waals surface area (Å²) in [7, 11) is 0. The maximum Gasteiger partial charge on any atom is 0.187 e. The van der Waals surface area contributed by atoms with Gasteiger partial charge in [0.1, 0.15) is 0 Å². The number of tetrazole rings is 1. The number of nitrogens with zero attached hydrogens (tertiary/aromatic N) is 4. The summed E-state index contributed by atoms with van der Waals surface area (Å²) in [5, 5.41) is 12.2. The minimum atomic E-state index is 0.721. The van der Waals surface area contributed by atoms with Crippen molar-refractivity contribution in [1.29, 1.82) is 0 Å². The molecule has 0 saturated heterocycles. The molecule has 3 rings (SSSR count). The molecule has 5 nitrogen and oxygen atoms in total. The van der Waals surface area contributed by atoms with Crippen LogP contribution in [0, 0.1) is 6.92 Å². The molecule has 0 bridgehead atoms. The Balaban J connectivity index is 2.18. The summed E-state index contributed by atoms with van der Waals surface area (Å²) in [6.45, 7) is 4.20. The van der Waals surface area contributed by atoms with Crippen molar-refractivity contribution in [3.63, 3.8) is 0 Å². The van der Waals surface area contributed by atoms with Gasteiger partial charge in [0, 0.05) is 11.3 Å². The first-order valence-electron chi connectivity index (χ1n) is 6.94.